The van der Waals surface area contributed by atoms with Crippen LogP contribution in [0.4, 0.5) is 11.4 Å². The molecule has 2 aromatic rings. The molecule has 11 heteroatoms. The average molecular weight is 450 g/mol. The van der Waals surface area contributed by atoms with E-state index in [0.29, 0.717) is 5.56 Å². The molecule has 0 heterocycles. The molecule has 0 radical (unpaired) electrons. The molecule has 0 unspecified atom stereocenters. The molecule has 166 valence electrons. The van der Waals surface area contributed by atoms with Crippen molar-refractivity contribution in [3.05, 3.63) is 63.7 Å². The van der Waals surface area contributed by atoms with Crippen LogP contribution in [0.2, 0.25) is 0 Å². The van der Waals surface area contributed by atoms with Crippen molar-refractivity contribution >= 4 is 33.3 Å². The molecule has 0 amide bonds. The van der Waals surface area contributed by atoms with E-state index in [2.05, 4.69) is 0 Å². The van der Waals surface area contributed by atoms with E-state index in [1.807, 2.05) is 0 Å². The first-order chi connectivity index (χ1) is 14.6. The minimum Gasteiger partial charge on any atom is -0.465 e. The van der Waals surface area contributed by atoms with Gasteiger partial charge in [-0.3, -0.25) is 19.2 Å². The van der Waals surface area contributed by atoms with E-state index < -0.39 is 39.1 Å². The van der Waals surface area contributed by atoms with Gasteiger partial charge in [-0.05, 0) is 50.6 Å². The fourth-order valence-electron chi connectivity index (χ4n) is 2.78. The van der Waals surface area contributed by atoms with E-state index in [-0.39, 0.29) is 29.4 Å². The number of rotatable bonds is 9. The Bertz CT molecular complexity index is 1100. The highest BCUT2D eigenvalue weighted by molar-refractivity contribution is 7.92. The zero-order valence-electron chi connectivity index (χ0n) is 17.2. The number of aryl methyl sites for hydroxylation is 1. The predicted molar refractivity (Wildman–Crippen MR) is 111 cm³/mol. The van der Waals surface area contributed by atoms with Crippen molar-refractivity contribution in [3.8, 4) is 0 Å². The van der Waals surface area contributed by atoms with Gasteiger partial charge in [0.1, 0.15) is 6.54 Å². The summed E-state index contributed by atoms with van der Waals surface area (Å²) >= 11 is 0. The van der Waals surface area contributed by atoms with Gasteiger partial charge >= 0.3 is 11.9 Å². The molecule has 0 bridgehead atoms. The second-order valence-corrected chi connectivity index (χ2v) is 8.16. The van der Waals surface area contributed by atoms with Crippen LogP contribution in [-0.4, -0.2) is 45.0 Å². The predicted octanol–water partition coefficient (Wildman–Crippen LogP) is 2.84. The zero-order valence-corrected chi connectivity index (χ0v) is 18.0. The molecule has 0 atom stereocenters. The Balaban J connectivity index is 2.58. The van der Waals surface area contributed by atoms with Gasteiger partial charge in [0.05, 0.1) is 34.3 Å². The van der Waals surface area contributed by atoms with E-state index in [0.717, 1.165) is 16.4 Å². The highest BCUT2D eigenvalue weighted by Crippen LogP contribution is 2.29. The van der Waals surface area contributed by atoms with E-state index in [1.165, 1.54) is 30.3 Å². The summed E-state index contributed by atoms with van der Waals surface area (Å²) in [5.41, 5.74) is 0.301. The number of hydrogen-bond donors (Lipinski definition) is 0. The number of carbonyl (C=O) groups excluding carboxylic acids is 2. The van der Waals surface area contributed by atoms with Crippen molar-refractivity contribution in [1.29, 1.82) is 0 Å². The summed E-state index contributed by atoms with van der Waals surface area (Å²) < 4.78 is 37.3. The number of carbonyl (C=O) groups is 2. The van der Waals surface area contributed by atoms with Crippen molar-refractivity contribution in [2.45, 2.75) is 25.7 Å². The minimum absolute atomic E-state index is 0.0459. The lowest BCUT2D eigenvalue weighted by atomic mass is 10.1. The molecule has 0 saturated carbocycles. The van der Waals surface area contributed by atoms with Crippen LogP contribution < -0.4 is 4.31 Å². The van der Waals surface area contributed by atoms with Crippen LogP contribution in [0.15, 0.2) is 47.4 Å². The number of ether oxygens (including phenoxy) is 2. The van der Waals surface area contributed by atoms with Crippen molar-refractivity contribution < 1.29 is 32.4 Å². The quantitative estimate of drug-likeness (QED) is 0.323. The maximum atomic E-state index is 13.3. The number of hydrogen-bond acceptors (Lipinski definition) is 8. The summed E-state index contributed by atoms with van der Waals surface area (Å²) in [6.45, 7) is 4.38. The summed E-state index contributed by atoms with van der Waals surface area (Å²) in [5.74, 6) is -1.37. The van der Waals surface area contributed by atoms with Crippen molar-refractivity contribution in [3.63, 3.8) is 0 Å². The van der Waals surface area contributed by atoms with Crippen LogP contribution >= 0.6 is 0 Å². The number of nitro groups is 1. The standard InChI is InChI=1S/C20H22N2O8S/c1-4-29-19(23)13-21(18-10-9-15(11-14(18)3)20(24)30-5-2)31(27,28)17-8-6-7-16(12-17)22(25)26/h6-12H,4-5,13H2,1-3H3. The van der Waals surface area contributed by atoms with Crippen molar-refractivity contribution in [2.24, 2.45) is 0 Å². The Morgan fingerprint density at radius 3 is 2.32 bits per heavy atom. The average Bonchev–Trinajstić information content (AvgIpc) is 2.72. The number of sulfonamides is 1. The molecule has 2 rings (SSSR count). The summed E-state index contributed by atoms with van der Waals surface area (Å²) in [5, 5.41) is 11.1. The van der Waals surface area contributed by atoms with Crippen LogP contribution in [0.1, 0.15) is 29.8 Å². The molecule has 0 aliphatic heterocycles. The first kappa shape index (κ1) is 23.8. The minimum atomic E-state index is -4.38. The fourth-order valence-corrected chi connectivity index (χ4v) is 4.30. The highest BCUT2D eigenvalue weighted by Gasteiger charge is 2.30. The normalized spacial score (nSPS) is 10.9. The van der Waals surface area contributed by atoms with Gasteiger partial charge in [0.2, 0.25) is 0 Å². The Hall–Kier alpha value is -3.47. The molecule has 0 saturated heterocycles. The van der Waals surface area contributed by atoms with E-state index in [1.54, 1.807) is 20.8 Å². The van der Waals surface area contributed by atoms with Crippen LogP contribution in [0.5, 0.6) is 0 Å². The maximum absolute atomic E-state index is 13.3. The molecule has 0 aromatic heterocycles. The van der Waals surface area contributed by atoms with Crippen molar-refractivity contribution in [1.82, 2.24) is 0 Å². The summed E-state index contributed by atoms with van der Waals surface area (Å²) in [4.78, 5) is 34.1. The summed E-state index contributed by atoms with van der Waals surface area (Å²) in [6.07, 6.45) is 0. The van der Waals surface area contributed by atoms with Gasteiger partial charge in [-0.1, -0.05) is 6.07 Å². The van der Waals surface area contributed by atoms with E-state index in [4.69, 9.17) is 9.47 Å². The van der Waals surface area contributed by atoms with Gasteiger partial charge in [-0.25, -0.2) is 13.2 Å². The first-order valence-electron chi connectivity index (χ1n) is 9.32. The highest BCUT2D eigenvalue weighted by atomic mass is 32.2. The molecule has 31 heavy (non-hydrogen) atoms. The Morgan fingerprint density at radius 1 is 1.06 bits per heavy atom. The topological polar surface area (TPSA) is 133 Å². The molecular weight excluding hydrogens is 428 g/mol. The molecule has 0 aliphatic rings. The van der Waals surface area contributed by atoms with Gasteiger partial charge in [0.25, 0.3) is 15.7 Å². The zero-order chi connectivity index (χ0) is 23.2. The molecule has 0 fully saturated rings. The second kappa shape index (κ2) is 10.0. The Labute approximate surface area is 179 Å². The largest absolute Gasteiger partial charge is 0.465 e. The smallest absolute Gasteiger partial charge is 0.338 e. The third-order valence-electron chi connectivity index (χ3n) is 4.17. The molecule has 0 spiro atoms. The lowest BCUT2D eigenvalue weighted by molar-refractivity contribution is -0.385. The van der Waals surface area contributed by atoms with Crippen LogP contribution in [0.25, 0.3) is 0 Å². The Kier molecular flexibility index (Phi) is 7.70. The lowest BCUT2D eigenvalue weighted by Gasteiger charge is -2.25. The number of nitrogens with zero attached hydrogens (tertiary/aromatic N) is 2. The van der Waals surface area contributed by atoms with Gasteiger partial charge < -0.3 is 9.47 Å². The van der Waals surface area contributed by atoms with Crippen LogP contribution in [-0.2, 0) is 24.3 Å². The van der Waals surface area contributed by atoms with Gasteiger partial charge in [0.15, 0.2) is 0 Å². The number of non-ortho nitro benzene ring substituents is 1. The number of esters is 2. The van der Waals surface area contributed by atoms with Crippen molar-refractivity contribution in [2.75, 3.05) is 24.1 Å². The third-order valence-corrected chi connectivity index (χ3v) is 5.93. The van der Waals surface area contributed by atoms with Gasteiger partial charge in [0, 0.05) is 12.1 Å². The van der Waals surface area contributed by atoms with Gasteiger partial charge in [-0.2, -0.15) is 0 Å². The number of benzene rings is 2. The fraction of sp³-hybridized carbons (Fsp3) is 0.300. The number of anilines is 1. The Morgan fingerprint density at radius 2 is 1.74 bits per heavy atom. The molecule has 10 nitrogen and oxygen atoms in total. The van der Waals surface area contributed by atoms with E-state index in [9.17, 15) is 28.1 Å². The summed E-state index contributed by atoms with van der Waals surface area (Å²) in [6, 6.07) is 8.70. The molecular formula is C20H22N2O8S. The second-order valence-electron chi connectivity index (χ2n) is 6.29. The first-order valence-corrected chi connectivity index (χ1v) is 10.8. The molecule has 0 aliphatic carbocycles. The van der Waals surface area contributed by atoms with Gasteiger partial charge in [-0.15, -0.1) is 0 Å². The lowest BCUT2D eigenvalue weighted by Crippen LogP contribution is -2.37. The molecule has 0 N–H and O–H groups in total. The monoisotopic (exact) mass is 450 g/mol. The molecule has 2 aromatic carbocycles. The summed E-state index contributed by atoms with van der Waals surface area (Å²) in [7, 11) is -4.38. The maximum Gasteiger partial charge on any atom is 0.338 e. The number of nitro benzene ring substituents is 1. The van der Waals surface area contributed by atoms with Crippen LogP contribution in [0, 0.1) is 17.0 Å². The van der Waals surface area contributed by atoms with Crippen LogP contribution in [0.3, 0.4) is 0 Å². The van der Waals surface area contributed by atoms with E-state index >= 15 is 0 Å². The SMILES string of the molecule is CCOC(=O)CN(c1ccc(C(=O)OCC)cc1C)S(=O)(=O)c1cccc([N+](=O)[O-])c1. The third kappa shape index (κ3) is 5.57.